The van der Waals surface area contributed by atoms with Crippen LogP contribution in [0.5, 0.6) is 0 Å². The summed E-state index contributed by atoms with van der Waals surface area (Å²) in [4.78, 5) is 31.5. The molecule has 0 unspecified atom stereocenters. The molecule has 9 nitrogen and oxygen atoms in total. The second kappa shape index (κ2) is 8.73. The summed E-state index contributed by atoms with van der Waals surface area (Å²) < 4.78 is 8.22. The molecule has 0 amide bonds. The van der Waals surface area contributed by atoms with Crippen LogP contribution in [0.3, 0.4) is 0 Å². The van der Waals surface area contributed by atoms with Crippen LogP contribution in [0, 0.1) is 5.92 Å². The second-order valence-corrected chi connectivity index (χ2v) is 10.3. The topological polar surface area (TPSA) is 112 Å². The van der Waals surface area contributed by atoms with E-state index in [2.05, 4.69) is 0 Å². The lowest BCUT2D eigenvalue weighted by Gasteiger charge is -2.18. The molecule has 176 valence electrons. The molecule has 4 aromatic rings. The molecule has 5 rings (SSSR count). The van der Waals surface area contributed by atoms with E-state index in [4.69, 9.17) is 20.2 Å². The van der Waals surface area contributed by atoms with Crippen molar-refractivity contribution in [1.82, 2.24) is 14.1 Å². The average Bonchev–Trinajstić information content (AvgIpc) is 3.61. The van der Waals surface area contributed by atoms with E-state index in [9.17, 15) is 9.59 Å². The van der Waals surface area contributed by atoms with Crippen molar-refractivity contribution in [2.45, 2.75) is 32.9 Å². The van der Waals surface area contributed by atoms with Crippen molar-refractivity contribution in [2.24, 2.45) is 18.1 Å². The molecular weight excluding hydrogens is 472 g/mol. The van der Waals surface area contributed by atoms with Crippen LogP contribution in [0.2, 0.25) is 0 Å². The summed E-state index contributed by atoms with van der Waals surface area (Å²) >= 11 is 3.00. The van der Waals surface area contributed by atoms with Crippen molar-refractivity contribution in [3.63, 3.8) is 0 Å². The number of hydrazone groups is 1. The Bertz CT molecular complexity index is 1460. The van der Waals surface area contributed by atoms with E-state index < -0.39 is 11.2 Å². The van der Waals surface area contributed by atoms with Crippen molar-refractivity contribution in [3.8, 4) is 11.3 Å². The Hall–Kier alpha value is -3.44. The summed E-state index contributed by atoms with van der Waals surface area (Å²) in [6.07, 6.45) is 2.32. The highest BCUT2D eigenvalue weighted by molar-refractivity contribution is 7.14. The zero-order valence-corrected chi connectivity index (χ0v) is 20.6. The summed E-state index contributed by atoms with van der Waals surface area (Å²) in [7, 11) is 1.46. The van der Waals surface area contributed by atoms with Crippen molar-refractivity contribution in [2.75, 3.05) is 10.7 Å². The number of nitrogens with two attached hydrogens (primary N) is 1. The molecule has 0 saturated carbocycles. The number of rotatable bonds is 6. The first-order chi connectivity index (χ1) is 16.3. The predicted octanol–water partition coefficient (Wildman–Crippen LogP) is 3.92. The fraction of sp³-hybridized carbons (Fsp3) is 0.304. The number of aromatic nitrogens is 3. The van der Waals surface area contributed by atoms with Gasteiger partial charge in [-0.1, -0.05) is 19.9 Å². The Kier molecular flexibility index (Phi) is 5.74. The Morgan fingerprint density at radius 2 is 2.06 bits per heavy atom. The number of nitrogens with zero attached hydrogens (tertiary/aromatic N) is 5. The molecule has 4 aromatic heterocycles. The van der Waals surface area contributed by atoms with Crippen LogP contribution in [0.15, 0.2) is 60.4 Å². The minimum absolute atomic E-state index is 0.130. The van der Waals surface area contributed by atoms with E-state index in [0.29, 0.717) is 23.8 Å². The lowest BCUT2D eigenvalue weighted by molar-refractivity contribution is 0.465. The van der Waals surface area contributed by atoms with Gasteiger partial charge in [0.2, 0.25) is 5.13 Å². The van der Waals surface area contributed by atoms with Gasteiger partial charge in [-0.25, -0.2) is 14.8 Å². The summed E-state index contributed by atoms with van der Waals surface area (Å²) in [5.41, 5.74) is 7.05. The van der Waals surface area contributed by atoms with Crippen LogP contribution in [0.25, 0.3) is 11.3 Å². The SMILES string of the molecule is CC(C)Cn1c(N)c(-c2csc(N3N=C(c4cccs4)C[C@H]3c3ccco3)n2)c(=O)n(C)c1=O. The Balaban J connectivity index is 1.59. The zero-order chi connectivity index (χ0) is 24.0. The van der Waals surface area contributed by atoms with Gasteiger partial charge in [0.25, 0.3) is 5.56 Å². The molecule has 1 aliphatic rings. The Labute approximate surface area is 203 Å². The fourth-order valence-electron chi connectivity index (χ4n) is 4.03. The number of furan rings is 1. The van der Waals surface area contributed by atoms with Gasteiger partial charge in [0.1, 0.15) is 23.2 Å². The first-order valence-corrected chi connectivity index (χ1v) is 12.6. The number of anilines is 2. The van der Waals surface area contributed by atoms with Crippen molar-refractivity contribution < 1.29 is 4.42 Å². The minimum Gasteiger partial charge on any atom is -0.467 e. The minimum atomic E-state index is -0.467. The van der Waals surface area contributed by atoms with Crippen LogP contribution in [-0.2, 0) is 13.6 Å². The fourth-order valence-corrected chi connectivity index (χ4v) is 5.57. The summed E-state index contributed by atoms with van der Waals surface area (Å²) in [6.45, 7) is 4.38. The van der Waals surface area contributed by atoms with Gasteiger partial charge in [-0.3, -0.25) is 13.9 Å². The highest BCUT2D eigenvalue weighted by Gasteiger charge is 2.34. The highest BCUT2D eigenvalue weighted by Crippen LogP contribution is 2.40. The normalized spacial score (nSPS) is 15.9. The average molecular weight is 497 g/mol. The van der Waals surface area contributed by atoms with Crippen molar-refractivity contribution in [1.29, 1.82) is 0 Å². The first kappa shape index (κ1) is 22.4. The van der Waals surface area contributed by atoms with Gasteiger partial charge in [-0.05, 0) is 29.5 Å². The summed E-state index contributed by atoms with van der Waals surface area (Å²) in [6, 6.07) is 7.67. The van der Waals surface area contributed by atoms with Gasteiger partial charge >= 0.3 is 5.69 Å². The number of hydrogen-bond acceptors (Lipinski definition) is 9. The molecule has 0 bridgehead atoms. The molecule has 1 aliphatic heterocycles. The highest BCUT2D eigenvalue weighted by atomic mass is 32.1. The van der Waals surface area contributed by atoms with Crippen molar-refractivity contribution in [3.05, 3.63) is 72.8 Å². The monoisotopic (exact) mass is 496 g/mol. The first-order valence-electron chi connectivity index (χ1n) is 10.8. The molecule has 1 atom stereocenters. The zero-order valence-electron chi connectivity index (χ0n) is 19.0. The van der Waals surface area contributed by atoms with E-state index in [1.807, 2.05) is 48.5 Å². The second-order valence-electron chi connectivity index (χ2n) is 8.53. The maximum Gasteiger partial charge on any atom is 0.332 e. The molecule has 0 saturated heterocycles. The smallest absolute Gasteiger partial charge is 0.332 e. The Morgan fingerprint density at radius 1 is 1.24 bits per heavy atom. The van der Waals surface area contributed by atoms with Crippen LogP contribution >= 0.6 is 22.7 Å². The Morgan fingerprint density at radius 3 is 2.74 bits per heavy atom. The quantitative estimate of drug-likeness (QED) is 0.433. The third-order valence-corrected chi connectivity index (χ3v) is 7.41. The molecule has 0 spiro atoms. The maximum atomic E-state index is 13.0. The molecular formula is C23H24N6O3S2. The number of thiazole rings is 1. The van der Waals surface area contributed by atoms with Gasteiger partial charge in [0, 0.05) is 25.4 Å². The predicted molar refractivity (Wildman–Crippen MR) is 136 cm³/mol. The number of thiophene rings is 1. The van der Waals surface area contributed by atoms with Crippen molar-refractivity contribution >= 4 is 39.3 Å². The lowest BCUT2D eigenvalue weighted by Crippen LogP contribution is -2.41. The van der Waals surface area contributed by atoms with Gasteiger partial charge in [0.05, 0.1) is 22.5 Å². The van der Waals surface area contributed by atoms with Gasteiger partial charge in [-0.2, -0.15) is 5.10 Å². The molecule has 0 radical (unpaired) electrons. The van der Waals surface area contributed by atoms with Crippen LogP contribution in [0.4, 0.5) is 10.9 Å². The van der Waals surface area contributed by atoms with Crippen LogP contribution in [0.1, 0.15) is 36.9 Å². The maximum absolute atomic E-state index is 13.0. The van der Waals surface area contributed by atoms with E-state index in [1.54, 1.807) is 23.0 Å². The molecule has 34 heavy (non-hydrogen) atoms. The largest absolute Gasteiger partial charge is 0.467 e. The van der Waals surface area contributed by atoms with E-state index in [1.165, 1.54) is 23.0 Å². The standard InChI is InChI=1S/C23H24N6O3S2/c1-13(2)11-28-20(24)19(21(30)27(3)23(28)31)15-12-34-22(25-15)29-16(17-6-4-8-32-17)10-14(26-29)18-7-5-9-33-18/h4-9,12-13,16H,10-11,24H2,1-3H3/t16-/m0/s1. The van der Waals surface area contributed by atoms with Crippen LogP contribution < -0.4 is 22.0 Å². The summed E-state index contributed by atoms with van der Waals surface area (Å²) in [5.74, 6) is 1.10. The molecule has 0 fully saturated rings. The molecule has 0 aromatic carbocycles. The molecule has 5 heterocycles. The van der Waals surface area contributed by atoms with Gasteiger partial charge in [0.15, 0.2) is 0 Å². The summed E-state index contributed by atoms with van der Waals surface area (Å²) in [5, 5.41) is 11.1. The molecule has 11 heteroatoms. The number of hydrogen-bond donors (Lipinski definition) is 1. The number of nitrogen functional groups attached to an aromatic ring is 1. The third-order valence-electron chi connectivity index (χ3n) is 5.66. The molecule has 0 aliphatic carbocycles. The third kappa shape index (κ3) is 3.80. The van der Waals surface area contributed by atoms with E-state index in [-0.39, 0.29) is 23.3 Å². The van der Waals surface area contributed by atoms with E-state index >= 15 is 0 Å². The van der Waals surface area contributed by atoms with Gasteiger partial charge in [-0.15, -0.1) is 22.7 Å². The lowest BCUT2D eigenvalue weighted by atomic mass is 10.1. The van der Waals surface area contributed by atoms with Crippen LogP contribution in [-0.4, -0.2) is 19.8 Å². The van der Waals surface area contributed by atoms with E-state index in [0.717, 1.165) is 20.9 Å². The van der Waals surface area contributed by atoms with Gasteiger partial charge < -0.3 is 10.2 Å². The molecule has 2 N–H and O–H groups in total.